The molecule has 1 aliphatic rings. The van der Waals surface area contributed by atoms with Crippen molar-refractivity contribution in [2.24, 2.45) is 0 Å². The largest absolute Gasteiger partial charge is 0.460 e. The number of benzene rings is 3. The van der Waals surface area contributed by atoms with Crippen LogP contribution in [-0.4, -0.2) is 46.7 Å². The van der Waals surface area contributed by atoms with E-state index in [1.165, 1.54) is 18.2 Å². The molecule has 1 N–H and O–H groups in total. The minimum absolute atomic E-state index is 0.0222. The molecule has 0 aromatic heterocycles. The summed E-state index contributed by atoms with van der Waals surface area (Å²) in [6, 6.07) is 15.9. The number of nitrogens with one attached hydrogen (secondary N) is 1. The maximum atomic E-state index is 12.7. The average Bonchev–Trinajstić information content (AvgIpc) is 3.09. The third kappa shape index (κ3) is 4.73. The van der Waals surface area contributed by atoms with Gasteiger partial charge in [-0.3, -0.25) is 29.4 Å². The Labute approximate surface area is 203 Å². The molecule has 0 fully saturated rings. The highest BCUT2D eigenvalue weighted by molar-refractivity contribution is 6.34. The molecule has 0 radical (unpaired) electrons. The Bertz CT molecular complexity index is 1350. The van der Waals surface area contributed by atoms with Crippen LogP contribution in [0.25, 0.3) is 0 Å². The SMILES string of the molecule is O=C(Nc1ccccc1C(=O)OCCN1C(=O)c2ccccc2C1=O)c1ccc([N+](=O)[O-])cc1Cl. The molecule has 0 unspecified atom stereocenters. The number of nitro groups is 1. The molecule has 3 aromatic rings. The normalized spacial score (nSPS) is 12.3. The third-order valence-corrected chi connectivity index (χ3v) is 5.54. The molecule has 35 heavy (non-hydrogen) atoms. The number of ether oxygens (including phenoxy) is 1. The van der Waals surface area contributed by atoms with Crippen molar-refractivity contribution in [3.05, 3.63) is 104 Å². The molecule has 0 atom stereocenters. The second-order valence-electron chi connectivity index (χ2n) is 7.36. The first-order valence-electron chi connectivity index (χ1n) is 10.2. The topological polar surface area (TPSA) is 136 Å². The number of carbonyl (C=O) groups is 4. The summed E-state index contributed by atoms with van der Waals surface area (Å²) in [5.41, 5.74) is 0.446. The molecular weight excluding hydrogens is 478 g/mol. The van der Waals surface area contributed by atoms with Gasteiger partial charge < -0.3 is 10.1 Å². The summed E-state index contributed by atoms with van der Waals surface area (Å²) in [4.78, 5) is 61.4. The predicted molar refractivity (Wildman–Crippen MR) is 125 cm³/mol. The molecule has 4 rings (SSSR count). The number of carbonyl (C=O) groups excluding carboxylic acids is 4. The predicted octanol–water partition coefficient (Wildman–Crippen LogP) is 3.95. The molecule has 0 aliphatic carbocycles. The number of rotatable bonds is 7. The average molecular weight is 494 g/mol. The van der Waals surface area contributed by atoms with Crippen molar-refractivity contribution in [1.82, 2.24) is 4.90 Å². The Balaban J connectivity index is 1.41. The molecule has 3 aromatic carbocycles. The summed E-state index contributed by atoms with van der Waals surface area (Å²) in [7, 11) is 0. The molecule has 10 nitrogen and oxygen atoms in total. The highest BCUT2D eigenvalue weighted by atomic mass is 35.5. The second-order valence-corrected chi connectivity index (χ2v) is 7.77. The molecule has 0 saturated heterocycles. The highest BCUT2D eigenvalue weighted by Crippen LogP contribution is 2.25. The molecule has 176 valence electrons. The van der Waals surface area contributed by atoms with E-state index in [1.807, 2.05) is 0 Å². The number of hydrogen-bond donors (Lipinski definition) is 1. The molecule has 0 saturated carbocycles. The Kier molecular flexibility index (Phi) is 6.56. The quantitative estimate of drug-likeness (QED) is 0.228. The molecule has 3 amide bonds. The van der Waals surface area contributed by atoms with Gasteiger partial charge in [0, 0.05) is 12.1 Å². The fourth-order valence-electron chi connectivity index (χ4n) is 3.51. The molecule has 0 spiro atoms. The summed E-state index contributed by atoms with van der Waals surface area (Å²) in [6.07, 6.45) is 0. The first-order chi connectivity index (χ1) is 16.8. The number of halogens is 1. The van der Waals surface area contributed by atoms with Crippen LogP contribution in [0.1, 0.15) is 41.4 Å². The Morgan fingerprint density at radius 1 is 0.943 bits per heavy atom. The monoisotopic (exact) mass is 493 g/mol. The molecule has 0 bridgehead atoms. The van der Waals surface area contributed by atoms with Crippen molar-refractivity contribution >= 4 is 46.7 Å². The van der Waals surface area contributed by atoms with Crippen LogP contribution < -0.4 is 5.32 Å². The standard InChI is InChI=1S/C24H16ClN3O7/c25-19-13-14(28(33)34)9-10-17(19)21(29)26-20-8-4-3-7-18(20)24(32)35-12-11-27-22(30)15-5-1-2-6-16(15)23(27)31/h1-10,13H,11-12H2,(H,26,29). The van der Waals surface area contributed by atoms with Crippen LogP contribution in [0.3, 0.4) is 0 Å². The number of nitro benzene ring substituents is 1. The van der Waals surface area contributed by atoms with Crippen LogP contribution >= 0.6 is 11.6 Å². The smallest absolute Gasteiger partial charge is 0.340 e. The summed E-state index contributed by atoms with van der Waals surface area (Å²) >= 11 is 6.01. The number of fused-ring (bicyclic) bond motifs is 1. The van der Waals surface area contributed by atoms with Crippen LogP contribution in [0.15, 0.2) is 66.7 Å². The van der Waals surface area contributed by atoms with Gasteiger partial charge in [0.15, 0.2) is 0 Å². The summed E-state index contributed by atoms with van der Waals surface area (Å²) < 4.78 is 5.24. The number of imide groups is 1. The van der Waals surface area contributed by atoms with E-state index in [9.17, 15) is 29.3 Å². The first-order valence-corrected chi connectivity index (χ1v) is 10.6. The van der Waals surface area contributed by atoms with Crippen molar-refractivity contribution in [2.45, 2.75) is 0 Å². The fraction of sp³-hybridized carbons (Fsp3) is 0.0833. The van der Waals surface area contributed by atoms with E-state index in [0.717, 1.165) is 17.0 Å². The van der Waals surface area contributed by atoms with E-state index >= 15 is 0 Å². The number of hydrogen-bond acceptors (Lipinski definition) is 7. The maximum absolute atomic E-state index is 12.7. The van der Waals surface area contributed by atoms with Gasteiger partial charge in [-0.05, 0) is 30.3 Å². The van der Waals surface area contributed by atoms with Gasteiger partial charge in [-0.15, -0.1) is 0 Å². The number of para-hydroxylation sites is 1. The van der Waals surface area contributed by atoms with Gasteiger partial charge in [0.1, 0.15) is 6.61 Å². The molecule has 11 heteroatoms. The second kappa shape index (κ2) is 9.74. The van der Waals surface area contributed by atoms with Gasteiger partial charge in [0.05, 0.1) is 44.4 Å². The van der Waals surface area contributed by atoms with Gasteiger partial charge in [0.2, 0.25) is 0 Å². The minimum atomic E-state index is -0.785. The van der Waals surface area contributed by atoms with E-state index in [2.05, 4.69) is 5.32 Å². The van der Waals surface area contributed by atoms with Crippen LogP contribution in [0.5, 0.6) is 0 Å². The Hall–Kier alpha value is -4.57. The maximum Gasteiger partial charge on any atom is 0.340 e. The lowest BCUT2D eigenvalue weighted by molar-refractivity contribution is -0.384. The lowest BCUT2D eigenvalue weighted by Gasteiger charge is -2.15. The van der Waals surface area contributed by atoms with Gasteiger partial charge in [-0.25, -0.2) is 4.79 Å². The molecule has 1 aliphatic heterocycles. The Morgan fingerprint density at radius 3 is 2.20 bits per heavy atom. The van der Waals surface area contributed by atoms with Crippen molar-refractivity contribution in [2.75, 3.05) is 18.5 Å². The van der Waals surface area contributed by atoms with E-state index in [1.54, 1.807) is 36.4 Å². The lowest BCUT2D eigenvalue weighted by atomic mass is 10.1. The van der Waals surface area contributed by atoms with Crippen LogP contribution in [0.2, 0.25) is 5.02 Å². The zero-order valence-electron chi connectivity index (χ0n) is 17.9. The van der Waals surface area contributed by atoms with Crippen molar-refractivity contribution in [3.8, 4) is 0 Å². The number of nitrogens with zero attached hydrogens (tertiary/aromatic N) is 2. The van der Waals surface area contributed by atoms with Gasteiger partial charge in [-0.1, -0.05) is 35.9 Å². The summed E-state index contributed by atoms with van der Waals surface area (Å²) in [5.74, 6) is -2.40. The summed E-state index contributed by atoms with van der Waals surface area (Å²) in [5, 5.41) is 13.3. The van der Waals surface area contributed by atoms with Crippen molar-refractivity contribution in [3.63, 3.8) is 0 Å². The number of esters is 1. The van der Waals surface area contributed by atoms with E-state index in [-0.39, 0.29) is 40.7 Å². The van der Waals surface area contributed by atoms with Crippen LogP contribution in [0.4, 0.5) is 11.4 Å². The molecular formula is C24H16ClN3O7. The van der Waals surface area contributed by atoms with Crippen LogP contribution in [0, 0.1) is 10.1 Å². The fourth-order valence-corrected chi connectivity index (χ4v) is 3.77. The van der Waals surface area contributed by atoms with E-state index in [4.69, 9.17) is 16.3 Å². The first kappa shape index (κ1) is 23.6. The van der Waals surface area contributed by atoms with Crippen LogP contribution in [-0.2, 0) is 4.74 Å². The number of amides is 3. The number of non-ortho nitro benzene ring substituents is 1. The lowest BCUT2D eigenvalue weighted by Crippen LogP contribution is -2.33. The van der Waals surface area contributed by atoms with Crippen molar-refractivity contribution < 1.29 is 28.8 Å². The third-order valence-electron chi connectivity index (χ3n) is 5.23. The van der Waals surface area contributed by atoms with Gasteiger partial charge in [-0.2, -0.15) is 0 Å². The molecule has 1 heterocycles. The van der Waals surface area contributed by atoms with Gasteiger partial charge in [0.25, 0.3) is 23.4 Å². The highest BCUT2D eigenvalue weighted by Gasteiger charge is 2.35. The Morgan fingerprint density at radius 2 is 1.57 bits per heavy atom. The van der Waals surface area contributed by atoms with E-state index in [0.29, 0.717) is 11.1 Å². The zero-order valence-corrected chi connectivity index (χ0v) is 18.7. The summed E-state index contributed by atoms with van der Waals surface area (Å²) in [6.45, 7) is -0.383. The van der Waals surface area contributed by atoms with Crippen molar-refractivity contribution in [1.29, 1.82) is 0 Å². The minimum Gasteiger partial charge on any atom is -0.460 e. The van der Waals surface area contributed by atoms with E-state index < -0.39 is 28.6 Å². The zero-order chi connectivity index (χ0) is 25.1. The van der Waals surface area contributed by atoms with Gasteiger partial charge >= 0.3 is 5.97 Å². The number of anilines is 1.